The second kappa shape index (κ2) is 5.30. The van der Waals surface area contributed by atoms with Crippen molar-refractivity contribution in [3.63, 3.8) is 0 Å². The summed E-state index contributed by atoms with van der Waals surface area (Å²) in [5.41, 5.74) is 1.09. The smallest absolute Gasteiger partial charge is 0.195 e. The van der Waals surface area contributed by atoms with Crippen molar-refractivity contribution >= 4 is 23.0 Å². The Morgan fingerprint density at radius 2 is 2.20 bits per heavy atom. The summed E-state index contributed by atoms with van der Waals surface area (Å²) in [7, 11) is 0. The van der Waals surface area contributed by atoms with Crippen molar-refractivity contribution in [2.45, 2.75) is 0 Å². The van der Waals surface area contributed by atoms with Crippen LogP contribution in [0.4, 0.5) is 0 Å². The van der Waals surface area contributed by atoms with Crippen molar-refractivity contribution in [3.05, 3.63) is 54.7 Å². The molecule has 20 heavy (non-hydrogen) atoms. The van der Waals surface area contributed by atoms with Crippen molar-refractivity contribution < 1.29 is 9.53 Å². The molecule has 3 heterocycles. The number of Topliss-reactive ketones (excluding diaryl/α,β-unsaturated/α-hetero) is 1. The Kier molecular flexibility index (Phi) is 3.35. The highest BCUT2D eigenvalue weighted by molar-refractivity contribution is 6.30. The molecule has 0 spiro atoms. The Bertz CT molecular complexity index is 755. The van der Waals surface area contributed by atoms with Crippen LogP contribution in [0.1, 0.15) is 10.5 Å². The van der Waals surface area contributed by atoms with Gasteiger partial charge in [-0.2, -0.15) is 0 Å². The molecule has 3 rings (SSSR count). The number of carbonyl (C=O) groups is 1. The van der Waals surface area contributed by atoms with Gasteiger partial charge in [-0.3, -0.25) is 14.2 Å². The van der Waals surface area contributed by atoms with E-state index in [1.807, 2.05) is 6.07 Å². The molecule has 0 aliphatic rings. The molecule has 3 aromatic heterocycles. The van der Waals surface area contributed by atoms with Crippen LogP contribution in [0.2, 0.25) is 0 Å². The quantitative estimate of drug-likeness (QED) is 0.547. The Morgan fingerprint density at radius 3 is 2.95 bits per heavy atom. The highest BCUT2D eigenvalue weighted by Gasteiger charge is 2.11. The van der Waals surface area contributed by atoms with E-state index in [0.717, 1.165) is 0 Å². The maximum Gasteiger partial charge on any atom is 0.195 e. The molecule has 0 N–H and O–H groups in total. The molecule has 6 heteroatoms. The van der Waals surface area contributed by atoms with Crippen molar-refractivity contribution in [1.82, 2.24) is 14.4 Å². The molecule has 100 valence electrons. The van der Waals surface area contributed by atoms with E-state index in [4.69, 9.17) is 16.3 Å². The van der Waals surface area contributed by atoms with Gasteiger partial charge in [0.15, 0.2) is 5.78 Å². The van der Waals surface area contributed by atoms with E-state index in [1.165, 1.54) is 6.20 Å². The fraction of sp³-hybridized carbons (Fsp3) is 0.0714. The second-order valence-electron chi connectivity index (χ2n) is 4.08. The maximum atomic E-state index is 11.6. The molecule has 5 nitrogen and oxygen atoms in total. The lowest BCUT2D eigenvalue weighted by molar-refractivity contribution is 0.101. The summed E-state index contributed by atoms with van der Waals surface area (Å²) < 4.78 is 7.34. The number of nitrogens with zero attached hydrogens (tertiary/aromatic N) is 3. The molecule has 0 atom stereocenters. The average molecular weight is 288 g/mol. The predicted molar refractivity (Wildman–Crippen MR) is 74.6 cm³/mol. The number of halogens is 1. The van der Waals surface area contributed by atoms with Crippen molar-refractivity contribution in [3.8, 4) is 11.5 Å². The first kappa shape index (κ1) is 12.6. The molecule has 0 unspecified atom stereocenters. The van der Waals surface area contributed by atoms with Gasteiger partial charge in [-0.05, 0) is 18.2 Å². The molecule has 0 radical (unpaired) electrons. The number of ketones is 1. The minimum Gasteiger partial charge on any atom is -0.456 e. The van der Waals surface area contributed by atoms with Gasteiger partial charge in [0, 0.05) is 18.5 Å². The fourth-order valence-corrected chi connectivity index (χ4v) is 1.98. The van der Waals surface area contributed by atoms with Gasteiger partial charge in [-0.1, -0.05) is 0 Å². The summed E-state index contributed by atoms with van der Waals surface area (Å²) >= 11 is 5.56. The average Bonchev–Trinajstić information content (AvgIpc) is 2.90. The van der Waals surface area contributed by atoms with E-state index in [1.54, 1.807) is 41.2 Å². The zero-order chi connectivity index (χ0) is 13.9. The van der Waals surface area contributed by atoms with Crippen LogP contribution >= 0.6 is 11.6 Å². The first-order valence-electron chi connectivity index (χ1n) is 5.92. The summed E-state index contributed by atoms with van der Waals surface area (Å²) in [4.78, 5) is 19.8. The lowest BCUT2D eigenvalue weighted by atomic mass is 10.3. The van der Waals surface area contributed by atoms with E-state index in [9.17, 15) is 4.79 Å². The predicted octanol–water partition coefficient (Wildman–Crippen LogP) is 2.94. The van der Waals surface area contributed by atoms with E-state index in [-0.39, 0.29) is 11.7 Å². The Labute approximate surface area is 119 Å². The van der Waals surface area contributed by atoms with Crippen molar-refractivity contribution in [2.75, 3.05) is 5.88 Å². The summed E-state index contributed by atoms with van der Waals surface area (Å²) in [6, 6.07) is 7.11. The highest BCUT2D eigenvalue weighted by atomic mass is 35.5. The van der Waals surface area contributed by atoms with Crippen LogP contribution in [0.15, 0.2) is 49.1 Å². The van der Waals surface area contributed by atoms with Crippen LogP contribution in [0, 0.1) is 0 Å². The van der Waals surface area contributed by atoms with Crippen LogP contribution < -0.4 is 4.74 Å². The Morgan fingerprint density at radius 1 is 1.30 bits per heavy atom. The number of ether oxygens (including phenoxy) is 1. The molecule has 0 aliphatic heterocycles. The van der Waals surface area contributed by atoms with E-state index >= 15 is 0 Å². The summed E-state index contributed by atoms with van der Waals surface area (Å²) in [6.07, 6.45) is 6.54. The SMILES string of the molecule is O=C(CCl)c1cnc2cc(Oc3cccnc3)ccn12. The monoisotopic (exact) mass is 287 g/mol. The first-order valence-corrected chi connectivity index (χ1v) is 6.45. The zero-order valence-corrected chi connectivity index (χ0v) is 11.1. The van der Waals surface area contributed by atoms with Crippen LogP contribution in [-0.4, -0.2) is 26.0 Å². The minimum absolute atomic E-state index is 0.0677. The Hall–Kier alpha value is -2.40. The number of imidazole rings is 1. The normalized spacial score (nSPS) is 10.7. The molecule has 0 saturated carbocycles. The molecular weight excluding hydrogens is 278 g/mol. The molecule has 0 fully saturated rings. The highest BCUT2D eigenvalue weighted by Crippen LogP contribution is 2.22. The molecule has 3 aromatic rings. The molecule has 0 aliphatic carbocycles. The number of carbonyl (C=O) groups excluding carboxylic acids is 1. The van der Waals surface area contributed by atoms with Gasteiger partial charge in [0.05, 0.1) is 18.3 Å². The molecule has 0 amide bonds. The number of fused-ring (bicyclic) bond motifs is 1. The van der Waals surface area contributed by atoms with E-state index in [0.29, 0.717) is 22.8 Å². The number of aromatic nitrogens is 3. The summed E-state index contributed by atoms with van der Waals surface area (Å²) in [6.45, 7) is 0. The second-order valence-corrected chi connectivity index (χ2v) is 4.35. The zero-order valence-electron chi connectivity index (χ0n) is 10.4. The van der Waals surface area contributed by atoms with Crippen molar-refractivity contribution in [1.29, 1.82) is 0 Å². The number of hydrogen-bond acceptors (Lipinski definition) is 4. The van der Waals surface area contributed by atoms with Crippen LogP contribution in [0.25, 0.3) is 5.65 Å². The Balaban J connectivity index is 1.94. The summed E-state index contributed by atoms with van der Waals surface area (Å²) in [5, 5.41) is 0. The third-order valence-corrected chi connectivity index (χ3v) is 3.00. The minimum atomic E-state index is -0.167. The van der Waals surface area contributed by atoms with Crippen molar-refractivity contribution in [2.24, 2.45) is 0 Å². The molecule has 0 saturated heterocycles. The van der Waals surface area contributed by atoms with Gasteiger partial charge < -0.3 is 4.74 Å². The van der Waals surface area contributed by atoms with Crippen LogP contribution in [0.5, 0.6) is 11.5 Å². The van der Waals surface area contributed by atoms with Crippen LogP contribution in [0.3, 0.4) is 0 Å². The van der Waals surface area contributed by atoms with Gasteiger partial charge in [0.1, 0.15) is 22.8 Å². The first-order chi connectivity index (χ1) is 9.78. The number of hydrogen-bond donors (Lipinski definition) is 0. The van der Waals surface area contributed by atoms with E-state index in [2.05, 4.69) is 9.97 Å². The number of alkyl halides is 1. The molecule has 0 aromatic carbocycles. The maximum absolute atomic E-state index is 11.6. The van der Waals surface area contributed by atoms with Gasteiger partial charge in [0.25, 0.3) is 0 Å². The lowest BCUT2D eigenvalue weighted by Gasteiger charge is -2.05. The molecular formula is C14H10ClN3O2. The van der Waals surface area contributed by atoms with E-state index < -0.39 is 0 Å². The third-order valence-electron chi connectivity index (χ3n) is 2.76. The largest absolute Gasteiger partial charge is 0.456 e. The van der Waals surface area contributed by atoms with Gasteiger partial charge in [-0.15, -0.1) is 11.6 Å². The third kappa shape index (κ3) is 2.35. The topological polar surface area (TPSA) is 56.5 Å². The van der Waals surface area contributed by atoms with Crippen LogP contribution in [-0.2, 0) is 0 Å². The van der Waals surface area contributed by atoms with Gasteiger partial charge in [-0.25, -0.2) is 4.98 Å². The lowest BCUT2D eigenvalue weighted by Crippen LogP contribution is -2.04. The summed E-state index contributed by atoms with van der Waals surface area (Å²) in [5.74, 6) is 1.03. The molecule has 0 bridgehead atoms. The van der Waals surface area contributed by atoms with Gasteiger partial charge in [0.2, 0.25) is 0 Å². The van der Waals surface area contributed by atoms with Gasteiger partial charge >= 0.3 is 0 Å². The fourth-order valence-electron chi connectivity index (χ4n) is 1.84. The number of rotatable bonds is 4. The standard InChI is InChI=1S/C14H10ClN3O2/c15-7-13(19)12-9-17-14-6-10(3-5-18(12)14)20-11-2-1-4-16-8-11/h1-6,8-9H,7H2. The number of pyridine rings is 2.